The molecule has 1 saturated carbocycles. The number of fused-ring (bicyclic) bond motifs is 2. The van der Waals surface area contributed by atoms with Gasteiger partial charge in [0.15, 0.2) is 5.65 Å². The van der Waals surface area contributed by atoms with E-state index in [0.717, 1.165) is 29.9 Å². The van der Waals surface area contributed by atoms with Crippen LogP contribution in [0.5, 0.6) is 0 Å². The van der Waals surface area contributed by atoms with Gasteiger partial charge in [-0.15, -0.1) is 11.3 Å². The van der Waals surface area contributed by atoms with Crippen molar-refractivity contribution in [2.75, 3.05) is 19.6 Å². The molecule has 0 atom stereocenters. The van der Waals surface area contributed by atoms with Crippen LogP contribution >= 0.6 is 11.3 Å². The number of aryl methyl sites for hydroxylation is 2. The highest BCUT2D eigenvalue weighted by atomic mass is 32.1. The summed E-state index contributed by atoms with van der Waals surface area (Å²) < 4.78 is 1.87. The summed E-state index contributed by atoms with van der Waals surface area (Å²) >= 11 is 1.94. The second-order valence-corrected chi connectivity index (χ2v) is 11.9. The van der Waals surface area contributed by atoms with Gasteiger partial charge in [0.25, 0.3) is 0 Å². The lowest BCUT2D eigenvalue weighted by Gasteiger charge is -2.45. The van der Waals surface area contributed by atoms with Gasteiger partial charge in [-0.1, -0.05) is 13.8 Å². The minimum absolute atomic E-state index is 0.216. The molecule has 4 aromatic heterocycles. The Labute approximate surface area is 203 Å². The molecule has 0 unspecified atom stereocenters. The Morgan fingerprint density at radius 2 is 2.15 bits per heavy atom. The number of amides is 1. The van der Waals surface area contributed by atoms with Gasteiger partial charge in [-0.25, -0.2) is 9.50 Å². The number of nitrogens with zero attached hydrogens (tertiary/aromatic N) is 4. The van der Waals surface area contributed by atoms with Gasteiger partial charge in [0.2, 0.25) is 5.91 Å². The SMILES string of the molecule is Cc1cc(-c2[nH]c3sc([C@H]4C[C@]5(CCN(CC(N)=O)C5)C4)c(C)c3c2C(C)C)cn2ncnc12. The first-order chi connectivity index (χ1) is 16.2. The van der Waals surface area contributed by atoms with Crippen molar-refractivity contribution in [3.8, 4) is 11.3 Å². The molecule has 1 amide bonds. The van der Waals surface area contributed by atoms with Crippen LogP contribution in [0.1, 0.15) is 66.5 Å². The summed E-state index contributed by atoms with van der Waals surface area (Å²) in [6, 6.07) is 2.22. The Morgan fingerprint density at radius 3 is 2.88 bits per heavy atom. The quantitative estimate of drug-likeness (QED) is 0.435. The summed E-state index contributed by atoms with van der Waals surface area (Å²) in [6.45, 7) is 11.4. The van der Waals surface area contributed by atoms with Crippen molar-refractivity contribution in [1.29, 1.82) is 0 Å². The molecule has 1 saturated heterocycles. The van der Waals surface area contributed by atoms with E-state index in [-0.39, 0.29) is 5.91 Å². The molecule has 5 heterocycles. The van der Waals surface area contributed by atoms with Crippen molar-refractivity contribution in [3.63, 3.8) is 0 Å². The minimum atomic E-state index is -0.216. The van der Waals surface area contributed by atoms with Crippen molar-refractivity contribution in [2.24, 2.45) is 11.1 Å². The van der Waals surface area contributed by atoms with Crippen LogP contribution in [0.4, 0.5) is 0 Å². The number of carbonyl (C=O) groups excluding carboxylic acids is 1. The molecule has 1 spiro atoms. The van der Waals surface area contributed by atoms with Gasteiger partial charge in [-0.05, 0) is 79.7 Å². The summed E-state index contributed by atoms with van der Waals surface area (Å²) in [7, 11) is 0. The lowest BCUT2D eigenvalue weighted by Crippen LogP contribution is -2.40. The molecule has 2 aliphatic rings. The maximum atomic E-state index is 11.3. The molecule has 0 radical (unpaired) electrons. The number of nitrogens with two attached hydrogens (primary N) is 1. The zero-order valence-electron chi connectivity index (χ0n) is 20.3. The standard InChI is InChI=1S/C26H32N6OS/c1-14(2)20-21-16(4)23(18-8-26(9-18)5-6-31(12-26)11-19(27)33)34-25(21)30-22(20)17-7-15(3)24-28-13-29-32(24)10-17/h7,10,13-14,18,30H,5-6,8-9,11-12H2,1-4H3,(H2,27,33)/t18-,26+. The van der Waals surface area contributed by atoms with Gasteiger partial charge in [-0.3, -0.25) is 9.69 Å². The van der Waals surface area contributed by atoms with E-state index in [1.54, 1.807) is 6.33 Å². The third kappa shape index (κ3) is 3.30. The summed E-state index contributed by atoms with van der Waals surface area (Å²) in [4.78, 5) is 24.6. The first-order valence-electron chi connectivity index (χ1n) is 12.2. The van der Waals surface area contributed by atoms with E-state index in [2.05, 4.69) is 59.9 Å². The first-order valence-corrected chi connectivity index (χ1v) is 13.0. The van der Waals surface area contributed by atoms with E-state index < -0.39 is 0 Å². The average molecular weight is 477 g/mol. The highest BCUT2D eigenvalue weighted by Gasteiger charge is 2.49. The number of primary amides is 1. The molecule has 0 aromatic carbocycles. The van der Waals surface area contributed by atoms with Crippen LogP contribution in [-0.4, -0.2) is 50.0 Å². The monoisotopic (exact) mass is 476 g/mol. The van der Waals surface area contributed by atoms with Gasteiger partial charge in [0.05, 0.1) is 12.2 Å². The van der Waals surface area contributed by atoms with E-state index in [9.17, 15) is 4.79 Å². The Bertz CT molecular complexity index is 1420. The maximum Gasteiger partial charge on any atom is 0.231 e. The van der Waals surface area contributed by atoms with Crippen LogP contribution in [0.15, 0.2) is 18.6 Å². The summed E-state index contributed by atoms with van der Waals surface area (Å²) in [6.07, 6.45) is 7.32. The summed E-state index contributed by atoms with van der Waals surface area (Å²) in [5.74, 6) is 0.810. The third-order valence-corrected chi connectivity index (χ3v) is 9.38. The van der Waals surface area contributed by atoms with Crippen LogP contribution in [-0.2, 0) is 4.79 Å². The van der Waals surface area contributed by atoms with Crippen LogP contribution in [0.3, 0.4) is 0 Å². The number of carbonyl (C=O) groups is 1. The van der Waals surface area contributed by atoms with Crippen LogP contribution < -0.4 is 5.73 Å². The lowest BCUT2D eigenvalue weighted by atomic mass is 9.60. The molecule has 2 fully saturated rings. The first kappa shape index (κ1) is 21.8. The highest BCUT2D eigenvalue weighted by Crippen LogP contribution is 2.58. The van der Waals surface area contributed by atoms with Crippen molar-refractivity contribution < 1.29 is 4.79 Å². The summed E-state index contributed by atoms with van der Waals surface area (Å²) in [5.41, 5.74) is 13.0. The van der Waals surface area contributed by atoms with E-state index in [1.165, 1.54) is 51.2 Å². The number of pyridine rings is 1. The molecule has 0 bridgehead atoms. The molecule has 1 aliphatic heterocycles. The van der Waals surface area contributed by atoms with Crippen LogP contribution in [0, 0.1) is 19.3 Å². The van der Waals surface area contributed by atoms with Gasteiger partial charge in [0, 0.05) is 28.6 Å². The Kier molecular flexibility index (Phi) is 4.90. The molecule has 3 N–H and O–H groups in total. The van der Waals surface area contributed by atoms with Gasteiger partial charge >= 0.3 is 0 Å². The Morgan fingerprint density at radius 1 is 1.35 bits per heavy atom. The smallest absolute Gasteiger partial charge is 0.231 e. The highest BCUT2D eigenvalue weighted by molar-refractivity contribution is 7.19. The van der Waals surface area contributed by atoms with E-state index in [1.807, 2.05) is 15.9 Å². The number of aromatic amines is 1. The largest absolute Gasteiger partial charge is 0.369 e. The topological polar surface area (TPSA) is 92.3 Å². The van der Waals surface area contributed by atoms with Crippen molar-refractivity contribution in [2.45, 2.75) is 58.8 Å². The van der Waals surface area contributed by atoms with Gasteiger partial charge in [-0.2, -0.15) is 5.10 Å². The third-order valence-electron chi connectivity index (χ3n) is 8.01. The molecule has 4 aromatic rings. The second-order valence-electron chi connectivity index (χ2n) is 10.8. The molecular weight excluding hydrogens is 444 g/mol. The number of hydrogen-bond acceptors (Lipinski definition) is 5. The maximum absolute atomic E-state index is 11.3. The minimum Gasteiger partial charge on any atom is -0.369 e. The number of nitrogens with one attached hydrogen (secondary N) is 1. The number of aromatic nitrogens is 4. The second kappa shape index (κ2) is 7.65. The number of likely N-dealkylation sites (tertiary alicyclic amines) is 1. The molecule has 1 aliphatic carbocycles. The predicted octanol–water partition coefficient (Wildman–Crippen LogP) is 4.73. The molecule has 178 valence electrons. The molecular formula is C26H32N6OS. The van der Waals surface area contributed by atoms with E-state index in [0.29, 0.717) is 23.8 Å². The van der Waals surface area contributed by atoms with E-state index in [4.69, 9.17) is 5.73 Å². The van der Waals surface area contributed by atoms with Crippen LogP contribution in [0.2, 0.25) is 0 Å². The number of thiophene rings is 1. The van der Waals surface area contributed by atoms with Crippen molar-refractivity contribution >= 4 is 33.1 Å². The fourth-order valence-electron chi connectivity index (χ4n) is 6.56. The Balaban J connectivity index is 1.33. The number of H-pyrrole nitrogens is 1. The van der Waals surface area contributed by atoms with Crippen molar-refractivity contribution in [3.05, 3.63) is 40.2 Å². The number of rotatable bonds is 5. The fourth-order valence-corrected chi connectivity index (χ4v) is 7.89. The van der Waals surface area contributed by atoms with Crippen LogP contribution in [0.25, 0.3) is 27.1 Å². The van der Waals surface area contributed by atoms with Gasteiger partial charge < -0.3 is 10.7 Å². The average Bonchev–Trinajstić information content (AvgIpc) is 3.49. The zero-order valence-corrected chi connectivity index (χ0v) is 21.1. The fraction of sp³-hybridized carbons (Fsp3) is 0.500. The predicted molar refractivity (Wildman–Crippen MR) is 136 cm³/mol. The Hall–Kier alpha value is -2.71. The molecule has 8 heteroatoms. The molecule has 7 nitrogen and oxygen atoms in total. The normalized spacial score (nSPS) is 23.0. The molecule has 6 rings (SSSR count). The zero-order chi connectivity index (χ0) is 23.8. The van der Waals surface area contributed by atoms with E-state index >= 15 is 0 Å². The lowest BCUT2D eigenvalue weighted by molar-refractivity contribution is -0.119. The van der Waals surface area contributed by atoms with Gasteiger partial charge in [0.1, 0.15) is 11.2 Å². The summed E-state index contributed by atoms with van der Waals surface area (Å²) in [5, 5.41) is 5.78. The van der Waals surface area contributed by atoms with Crippen molar-refractivity contribution in [1.82, 2.24) is 24.5 Å². The number of hydrogen-bond donors (Lipinski definition) is 2. The molecule has 34 heavy (non-hydrogen) atoms.